The number of aromatic nitrogens is 2. The smallest absolute Gasteiger partial charge is 0.338 e. The maximum absolute atomic E-state index is 13.6. The van der Waals surface area contributed by atoms with Crippen molar-refractivity contribution in [3.63, 3.8) is 0 Å². The van der Waals surface area contributed by atoms with Crippen LogP contribution in [-0.2, 0) is 27.1 Å². The van der Waals surface area contributed by atoms with Gasteiger partial charge in [-0.25, -0.2) is 13.2 Å². The van der Waals surface area contributed by atoms with Crippen molar-refractivity contribution in [3.05, 3.63) is 53.1 Å². The van der Waals surface area contributed by atoms with Crippen LogP contribution in [0, 0.1) is 17.5 Å². The summed E-state index contributed by atoms with van der Waals surface area (Å²) >= 11 is 0. The van der Waals surface area contributed by atoms with E-state index in [1.54, 1.807) is 0 Å². The molecule has 1 aliphatic rings. The average Bonchev–Trinajstić information content (AvgIpc) is 3.15. The van der Waals surface area contributed by atoms with Gasteiger partial charge in [-0.1, -0.05) is 0 Å². The van der Waals surface area contributed by atoms with Gasteiger partial charge < -0.3 is 10.6 Å². The van der Waals surface area contributed by atoms with E-state index in [0.717, 1.165) is 10.7 Å². The van der Waals surface area contributed by atoms with E-state index in [1.165, 1.54) is 11.1 Å². The summed E-state index contributed by atoms with van der Waals surface area (Å²) < 4.78 is 88.5. The van der Waals surface area contributed by atoms with Crippen molar-refractivity contribution in [1.82, 2.24) is 14.7 Å². The first-order valence-electron chi connectivity index (χ1n) is 8.96. The fourth-order valence-electron chi connectivity index (χ4n) is 2.95. The molecular formula is C18H17F7N4O3. The van der Waals surface area contributed by atoms with Crippen molar-refractivity contribution >= 4 is 12.4 Å². The third-order valence-corrected chi connectivity index (χ3v) is 4.53. The number of nitrogens with zero attached hydrogens (tertiary/aromatic N) is 3. The van der Waals surface area contributed by atoms with Crippen LogP contribution in [0.2, 0.25) is 0 Å². The predicted molar refractivity (Wildman–Crippen MR) is 93.7 cm³/mol. The van der Waals surface area contributed by atoms with Crippen molar-refractivity contribution in [2.45, 2.75) is 31.1 Å². The quantitative estimate of drug-likeness (QED) is 0.399. The Morgan fingerprint density at radius 2 is 1.81 bits per heavy atom. The minimum atomic E-state index is -4.54. The van der Waals surface area contributed by atoms with Gasteiger partial charge in [0.1, 0.15) is 5.82 Å². The maximum Gasteiger partial charge on any atom is 0.435 e. The molecule has 14 heteroatoms. The largest absolute Gasteiger partial charge is 0.435 e. The highest BCUT2D eigenvalue weighted by Gasteiger charge is 2.37. The second-order valence-electron chi connectivity index (χ2n) is 6.84. The summed E-state index contributed by atoms with van der Waals surface area (Å²) in [7, 11) is 0. The number of rotatable bonds is 6. The minimum Gasteiger partial charge on any atom is -0.338 e. The number of likely N-dealkylation sites (tertiary alicyclic amines) is 1. The van der Waals surface area contributed by atoms with Gasteiger partial charge in [-0.05, 0) is 24.1 Å². The van der Waals surface area contributed by atoms with E-state index in [4.69, 9.17) is 10.5 Å². The Hall–Kier alpha value is -3.16. The predicted octanol–water partition coefficient (Wildman–Crippen LogP) is 2.71. The van der Waals surface area contributed by atoms with Gasteiger partial charge in [-0.2, -0.15) is 18.3 Å². The number of hydrogen-bond donors (Lipinski definition) is 1. The van der Waals surface area contributed by atoms with Crippen LogP contribution in [0.4, 0.5) is 30.9 Å². The zero-order chi connectivity index (χ0) is 24.1. The maximum atomic E-state index is 13.6. The first kappa shape index (κ1) is 25.1. The van der Waals surface area contributed by atoms with Gasteiger partial charge >= 0.3 is 12.6 Å². The lowest BCUT2D eigenvalue weighted by Crippen LogP contribution is -2.52. The number of alkyl halides is 3. The summed E-state index contributed by atoms with van der Waals surface area (Å²) in [5.41, 5.74) is 4.66. The van der Waals surface area contributed by atoms with Crippen LogP contribution in [0.3, 0.4) is 0 Å². The molecule has 1 aromatic heterocycles. The second-order valence-corrected chi connectivity index (χ2v) is 6.84. The summed E-state index contributed by atoms with van der Waals surface area (Å²) in [6.45, 7) is 0.0497. The number of hydrogen-bond acceptors (Lipinski definition) is 5. The molecule has 1 atom stereocenters. The Labute approximate surface area is 176 Å². The molecule has 0 saturated carbocycles. The molecule has 2 N–H and O–H groups in total. The van der Waals surface area contributed by atoms with Crippen molar-refractivity contribution in [2.75, 3.05) is 13.1 Å². The molecule has 1 saturated heterocycles. The molecule has 7 nitrogen and oxygen atoms in total. The van der Waals surface area contributed by atoms with Crippen LogP contribution >= 0.6 is 0 Å². The van der Waals surface area contributed by atoms with E-state index in [-0.39, 0.29) is 49.9 Å². The van der Waals surface area contributed by atoms with Crippen molar-refractivity contribution in [2.24, 2.45) is 5.73 Å². The lowest BCUT2D eigenvalue weighted by molar-refractivity contribution is -0.165. The van der Waals surface area contributed by atoms with E-state index < -0.39 is 35.4 Å². The molecule has 176 valence electrons. The Kier molecular flexibility index (Phi) is 8.19. The first-order chi connectivity index (χ1) is 15.0. The lowest BCUT2D eigenvalue weighted by atomic mass is 10.0. The monoisotopic (exact) mass is 470 g/mol. The number of benzene rings is 1. The molecule has 1 aliphatic heterocycles. The van der Waals surface area contributed by atoms with Crippen molar-refractivity contribution in [1.29, 1.82) is 0 Å². The van der Waals surface area contributed by atoms with E-state index in [2.05, 4.69) is 10.0 Å². The number of carbonyl (C=O) groups excluding carboxylic acids is 2. The Balaban J connectivity index is 0.000000837. The number of halogens is 7. The molecule has 2 aromatic rings. The molecule has 1 aromatic carbocycles. The fourth-order valence-corrected chi connectivity index (χ4v) is 2.95. The summed E-state index contributed by atoms with van der Waals surface area (Å²) in [4.78, 5) is 24.5. The molecular weight excluding hydrogens is 453 g/mol. The van der Waals surface area contributed by atoms with Crippen LogP contribution < -0.4 is 5.73 Å². The number of amides is 1. The van der Waals surface area contributed by atoms with Gasteiger partial charge in [-0.3, -0.25) is 19.2 Å². The molecule has 1 fully saturated rings. The molecule has 32 heavy (non-hydrogen) atoms. The van der Waals surface area contributed by atoms with E-state index in [9.17, 15) is 35.7 Å². The summed E-state index contributed by atoms with van der Waals surface area (Å²) in [6, 6.07) is 0.771. The van der Waals surface area contributed by atoms with Crippen molar-refractivity contribution < 1.29 is 45.4 Å². The Bertz CT molecular complexity index is 945. The topological polar surface area (TPSA) is 90.5 Å². The average molecular weight is 470 g/mol. The number of carbonyl (C=O) groups is 2. The van der Waals surface area contributed by atoms with Gasteiger partial charge in [0.05, 0.1) is 6.04 Å². The first-order valence-corrected chi connectivity index (χ1v) is 8.96. The SMILES string of the molecule is NC(CC(=O)N1CC(n2ccc(C(F)(F)F)n2)C1)Cc1cc(F)c(F)cc1F.O=COF. The molecule has 2 heterocycles. The van der Waals surface area contributed by atoms with Crippen LogP contribution in [0.1, 0.15) is 23.7 Å². The molecule has 0 bridgehead atoms. The van der Waals surface area contributed by atoms with Crippen LogP contribution in [0.15, 0.2) is 24.4 Å². The third-order valence-electron chi connectivity index (χ3n) is 4.53. The van der Waals surface area contributed by atoms with Crippen LogP contribution in [-0.4, -0.2) is 46.2 Å². The van der Waals surface area contributed by atoms with Crippen molar-refractivity contribution in [3.8, 4) is 0 Å². The molecule has 1 amide bonds. The zero-order valence-electron chi connectivity index (χ0n) is 16.2. The molecule has 0 aliphatic carbocycles. The standard InChI is InChI=1S/C17H16F6N4O.CHFO2/c18-12-6-14(20)13(19)4-9(12)3-10(24)5-16(28)26-7-11(8-26)27-2-1-15(25-27)17(21,22)23;2-4-1-3/h1-2,4,6,10-11H,3,5,7-8,24H2;1H. The Morgan fingerprint density at radius 1 is 1.22 bits per heavy atom. The lowest BCUT2D eigenvalue weighted by Gasteiger charge is -2.39. The highest BCUT2D eigenvalue weighted by Crippen LogP contribution is 2.29. The van der Waals surface area contributed by atoms with Gasteiger partial charge in [0.25, 0.3) is 0 Å². The number of nitrogens with two attached hydrogens (primary N) is 1. The van der Waals surface area contributed by atoms with Gasteiger partial charge in [0.2, 0.25) is 5.91 Å². The summed E-state index contributed by atoms with van der Waals surface area (Å²) in [6.07, 6.45) is -3.67. The van der Waals surface area contributed by atoms with Gasteiger partial charge in [0, 0.05) is 42.3 Å². The summed E-state index contributed by atoms with van der Waals surface area (Å²) in [5, 5.41) is 3.46. The zero-order valence-corrected chi connectivity index (χ0v) is 16.2. The molecule has 0 radical (unpaired) electrons. The Morgan fingerprint density at radius 3 is 2.34 bits per heavy atom. The normalized spacial score (nSPS) is 14.8. The van der Waals surface area contributed by atoms with E-state index >= 15 is 0 Å². The minimum absolute atomic E-state index is 0.142. The second kappa shape index (κ2) is 10.4. The van der Waals surface area contributed by atoms with E-state index in [1.807, 2.05) is 0 Å². The molecule has 1 unspecified atom stereocenters. The van der Waals surface area contributed by atoms with Gasteiger partial charge in [-0.15, -0.1) is 0 Å². The fraction of sp³-hybridized carbons (Fsp3) is 0.389. The highest BCUT2D eigenvalue weighted by atomic mass is 19.4. The molecule has 0 spiro atoms. The summed E-state index contributed by atoms with van der Waals surface area (Å²) in [5.74, 6) is -3.84. The van der Waals surface area contributed by atoms with E-state index in [0.29, 0.717) is 12.1 Å². The third kappa shape index (κ3) is 6.42. The van der Waals surface area contributed by atoms with Crippen LogP contribution in [0.5, 0.6) is 0 Å². The van der Waals surface area contributed by atoms with Gasteiger partial charge in [0.15, 0.2) is 17.3 Å². The van der Waals surface area contributed by atoms with Crippen LogP contribution in [0.25, 0.3) is 0 Å². The highest BCUT2D eigenvalue weighted by molar-refractivity contribution is 5.77. The molecule has 3 rings (SSSR count).